The molecule has 0 radical (unpaired) electrons. The van der Waals surface area contributed by atoms with E-state index in [9.17, 15) is 4.79 Å². The summed E-state index contributed by atoms with van der Waals surface area (Å²) in [5.74, 6) is 1.25. The van der Waals surface area contributed by atoms with E-state index in [1.165, 1.54) is 14.2 Å². The van der Waals surface area contributed by atoms with Crippen LogP contribution in [0.25, 0.3) is 0 Å². The molecule has 20 heavy (non-hydrogen) atoms. The third kappa shape index (κ3) is 2.93. The van der Waals surface area contributed by atoms with Gasteiger partial charge in [-0.2, -0.15) is 5.10 Å². The molecule has 0 atom stereocenters. The fourth-order valence-corrected chi connectivity index (χ4v) is 2.22. The molecule has 1 aromatic heterocycles. The second-order valence-electron chi connectivity index (χ2n) is 4.02. The normalized spacial score (nSPS) is 10.2. The summed E-state index contributed by atoms with van der Waals surface area (Å²) in [5, 5.41) is 6.80. The Bertz CT molecular complexity index is 615. The van der Waals surface area contributed by atoms with E-state index >= 15 is 0 Å². The minimum Gasteiger partial charge on any atom is -0.495 e. The average molecular weight is 340 g/mol. The van der Waals surface area contributed by atoms with Crippen molar-refractivity contribution in [3.8, 4) is 11.5 Å². The predicted molar refractivity (Wildman–Crippen MR) is 78.4 cm³/mol. The van der Waals surface area contributed by atoms with Gasteiger partial charge in [0.15, 0.2) is 5.82 Å². The number of carbonyl (C=O) groups excluding carboxylic acids is 1. The molecule has 0 spiro atoms. The fraction of sp³-hybridized carbons (Fsp3) is 0.231. The molecule has 0 fully saturated rings. The van der Waals surface area contributed by atoms with E-state index < -0.39 is 0 Å². The van der Waals surface area contributed by atoms with E-state index in [1.54, 1.807) is 36.1 Å². The van der Waals surface area contributed by atoms with Gasteiger partial charge < -0.3 is 14.8 Å². The largest absolute Gasteiger partial charge is 0.495 e. The van der Waals surface area contributed by atoms with Gasteiger partial charge in [0, 0.05) is 24.9 Å². The molecule has 1 N–H and O–H groups in total. The maximum Gasteiger partial charge on any atom is 0.257 e. The smallest absolute Gasteiger partial charge is 0.257 e. The van der Waals surface area contributed by atoms with Gasteiger partial charge in [0.05, 0.1) is 14.2 Å². The predicted octanol–water partition coefficient (Wildman–Crippen LogP) is 2.45. The van der Waals surface area contributed by atoms with Crippen LogP contribution < -0.4 is 14.8 Å². The van der Waals surface area contributed by atoms with E-state index in [4.69, 9.17) is 9.47 Å². The number of rotatable bonds is 4. The molecular formula is C13H14BrN3O3. The van der Waals surface area contributed by atoms with Crippen molar-refractivity contribution in [1.82, 2.24) is 9.78 Å². The fourth-order valence-electron chi connectivity index (χ4n) is 1.67. The van der Waals surface area contributed by atoms with Gasteiger partial charge in [0.1, 0.15) is 16.0 Å². The molecule has 2 rings (SSSR count). The third-order valence-electron chi connectivity index (χ3n) is 2.66. The summed E-state index contributed by atoms with van der Waals surface area (Å²) in [6.07, 6.45) is 1.75. The molecule has 106 valence electrons. The van der Waals surface area contributed by atoms with E-state index in [2.05, 4.69) is 26.3 Å². The maximum atomic E-state index is 12.2. The zero-order valence-electron chi connectivity index (χ0n) is 11.3. The molecular weight excluding hydrogens is 326 g/mol. The number of anilines is 1. The van der Waals surface area contributed by atoms with Crippen LogP contribution in [0.5, 0.6) is 11.5 Å². The SMILES string of the molecule is COc1cc(C(=O)Nc2ccn(C)n2)cc(OC)c1Br. The van der Waals surface area contributed by atoms with Crippen LogP contribution in [0.1, 0.15) is 10.4 Å². The van der Waals surface area contributed by atoms with Crippen LogP contribution in [-0.4, -0.2) is 29.9 Å². The lowest BCUT2D eigenvalue weighted by Gasteiger charge is -2.11. The van der Waals surface area contributed by atoms with Gasteiger partial charge in [-0.05, 0) is 28.1 Å². The second kappa shape index (κ2) is 5.96. The van der Waals surface area contributed by atoms with Crippen molar-refractivity contribution in [2.24, 2.45) is 7.05 Å². The number of halogens is 1. The Kier molecular flexibility index (Phi) is 4.29. The van der Waals surface area contributed by atoms with Crippen molar-refractivity contribution >= 4 is 27.7 Å². The maximum absolute atomic E-state index is 12.2. The highest BCUT2D eigenvalue weighted by molar-refractivity contribution is 9.10. The first kappa shape index (κ1) is 14.4. The van der Waals surface area contributed by atoms with Crippen molar-refractivity contribution in [1.29, 1.82) is 0 Å². The highest BCUT2D eigenvalue weighted by Crippen LogP contribution is 2.35. The Morgan fingerprint density at radius 2 is 1.90 bits per heavy atom. The van der Waals surface area contributed by atoms with E-state index in [-0.39, 0.29) is 5.91 Å². The molecule has 1 heterocycles. The lowest BCUT2D eigenvalue weighted by molar-refractivity contribution is 0.102. The quantitative estimate of drug-likeness (QED) is 0.929. The summed E-state index contributed by atoms with van der Waals surface area (Å²) in [7, 11) is 4.83. The van der Waals surface area contributed by atoms with Gasteiger partial charge in [0.25, 0.3) is 5.91 Å². The first-order valence-electron chi connectivity index (χ1n) is 5.77. The van der Waals surface area contributed by atoms with Gasteiger partial charge in [-0.3, -0.25) is 9.48 Å². The van der Waals surface area contributed by atoms with Crippen LogP contribution in [0.2, 0.25) is 0 Å². The number of ether oxygens (including phenoxy) is 2. The van der Waals surface area contributed by atoms with Crippen molar-refractivity contribution < 1.29 is 14.3 Å². The Balaban J connectivity index is 2.29. The first-order chi connectivity index (χ1) is 9.55. The average Bonchev–Trinajstić information content (AvgIpc) is 2.84. The second-order valence-corrected chi connectivity index (χ2v) is 4.82. The van der Waals surface area contributed by atoms with Crippen molar-refractivity contribution in [3.63, 3.8) is 0 Å². The highest BCUT2D eigenvalue weighted by atomic mass is 79.9. The number of amides is 1. The van der Waals surface area contributed by atoms with Crippen LogP contribution in [0.3, 0.4) is 0 Å². The van der Waals surface area contributed by atoms with Gasteiger partial charge in [-0.25, -0.2) is 0 Å². The summed E-state index contributed by atoms with van der Waals surface area (Å²) in [4.78, 5) is 12.2. The van der Waals surface area contributed by atoms with Crippen LogP contribution in [-0.2, 0) is 7.05 Å². The van der Waals surface area contributed by atoms with Crippen LogP contribution >= 0.6 is 15.9 Å². The standard InChI is InChI=1S/C13H14BrN3O3/c1-17-5-4-11(16-17)15-13(18)8-6-9(19-2)12(14)10(7-8)20-3/h4-7H,1-3H3,(H,15,16,18). The minimum absolute atomic E-state index is 0.284. The van der Waals surface area contributed by atoms with Gasteiger partial charge >= 0.3 is 0 Å². The molecule has 0 saturated heterocycles. The summed E-state index contributed by atoms with van der Waals surface area (Å²) in [6.45, 7) is 0. The number of carbonyl (C=O) groups is 1. The Labute approximate surface area is 124 Å². The summed E-state index contributed by atoms with van der Waals surface area (Å²) in [5.41, 5.74) is 0.424. The Morgan fingerprint density at radius 3 is 2.35 bits per heavy atom. The lowest BCUT2D eigenvalue weighted by atomic mass is 10.2. The topological polar surface area (TPSA) is 65.4 Å². The summed E-state index contributed by atoms with van der Waals surface area (Å²) < 4.78 is 12.7. The van der Waals surface area contributed by atoms with Crippen LogP contribution in [0, 0.1) is 0 Å². The number of aromatic nitrogens is 2. The molecule has 0 saturated carbocycles. The molecule has 0 unspecified atom stereocenters. The molecule has 7 heteroatoms. The lowest BCUT2D eigenvalue weighted by Crippen LogP contribution is -2.13. The molecule has 0 bridgehead atoms. The molecule has 0 aliphatic heterocycles. The number of aryl methyl sites for hydroxylation is 1. The van der Waals surface area contributed by atoms with E-state index in [1.807, 2.05) is 0 Å². The van der Waals surface area contributed by atoms with Gasteiger partial charge in [0.2, 0.25) is 0 Å². The number of nitrogens with one attached hydrogen (secondary N) is 1. The van der Waals surface area contributed by atoms with Crippen LogP contribution in [0.15, 0.2) is 28.9 Å². The summed E-state index contributed by atoms with van der Waals surface area (Å²) >= 11 is 3.36. The zero-order valence-corrected chi connectivity index (χ0v) is 12.9. The Morgan fingerprint density at radius 1 is 1.30 bits per heavy atom. The first-order valence-corrected chi connectivity index (χ1v) is 6.57. The van der Waals surface area contributed by atoms with Gasteiger partial charge in [-0.1, -0.05) is 0 Å². The Hall–Kier alpha value is -2.02. The molecule has 0 aliphatic rings. The highest BCUT2D eigenvalue weighted by Gasteiger charge is 2.15. The van der Waals surface area contributed by atoms with Crippen molar-refractivity contribution in [3.05, 3.63) is 34.4 Å². The summed E-state index contributed by atoms with van der Waals surface area (Å²) in [6, 6.07) is 4.97. The number of hydrogen-bond acceptors (Lipinski definition) is 4. The van der Waals surface area contributed by atoms with Gasteiger partial charge in [-0.15, -0.1) is 0 Å². The molecule has 6 nitrogen and oxygen atoms in total. The molecule has 1 aromatic carbocycles. The number of nitrogens with zero attached hydrogens (tertiary/aromatic N) is 2. The minimum atomic E-state index is -0.284. The number of hydrogen-bond donors (Lipinski definition) is 1. The number of methoxy groups -OCH3 is 2. The molecule has 1 amide bonds. The third-order valence-corrected chi connectivity index (χ3v) is 3.44. The van der Waals surface area contributed by atoms with Crippen molar-refractivity contribution in [2.75, 3.05) is 19.5 Å². The molecule has 0 aliphatic carbocycles. The van der Waals surface area contributed by atoms with E-state index in [0.29, 0.717) is 27.4 Å². The van der Waals surface area contributed by atoms with Crippen molar-refractivity contribution in [2.45, 2.75) is 0 Å². The molecule has 2 aromatic rings. The van der Waals surface area contributed by atoms with E-state index in [0.717, 1.165) is 0 Å². The number of benzene rings is 1. The zero-order chi connectivity index (χ0) is 14.7. The van der Waals surface area contributed by atoms with Crippen LogP contribution in [0.4, 0.5) is 5.82 Å². The monoisotopic (exact) mass is 339 g/mol.